The first kappa shape index (κ1) is 14.3. The fraction of sp³-hybridized carbons (Fsp3) is 0.538. The molecule has 0 saturated carbocycles. The molecule has 0 atom stereocenters. The van der Waals surface area contributed by atoms with Crippen molar-refractivity contribution in [2.45, 2.75) is 26.2 Å². The van der Waals surface area contributed by atoms with Crippen molar-refractivity contribution in [3.63, 3.8) is 0 Å². The summed E-state index contributed by atoms with van der Waals surface area (Å²) in [6.07, 6.45) is 3.60. The van der Waals surface area contributed by atoms with Gasteiger partial charge in [-0.2, -0.15) is 0 Å². The van der Waals surface area contributed by atoms with Crippen molar-refractivity contribution in [2.24, 2.45) is 0 Å². The highest BCUT2D eigenvalue weighted by atomic mass is 35.5. The summed E-state index contributed by atoms with van der Waals surface area (Å²) in [5.74, 6) is -0.270. The molecule has 1 aromatic rings. The average Bonchev–Trinajstić information content (AvgIpc) is 2.31. The van der Waals surface area contributed by atoms with Gasteiger partial charge in [-0.1, -0.05) is 37.4 Å². The lowest BCUT2D eigenvalue weighted by Gasteiger charge is -2.09. The third-order valence-corrected chi connectivity index (χ3v) is 2.70. The second kappa shape index (κ2) is 8.31. The van der Waals surface area contributed by atoms with E-state index >= 15 is 0 Å². The van der Waals surface area contributed by atoms with Crippen molar-refractivity contribution in [3.8, 4) is 5.75 Å². The number of unbranched alkanes of at least 4 members (excludes halogenated alkanes) is 2. The molecule has 1 aromatic carbocycles. The number of ether oxygens (including phenoxy) is 1. The second-order valence-corrected chi connectivity index (χ2v) is 4.26. The van der Waals surface area contributed by atoms with Crippen LogP contribution in [0.2, 0.25) is 5.02 Å². The smallest absolute Gasteiger partial charge is 0.173 e. The van der Waals surface area contributed by atoms with Crippen molar-refractivity contribution in [1.29, 1.82) is 0 Å². The van der Waals surface area contributed by atoms with Gasteiger partial charge in [0, 0.05) is 6.54 Å². The Balaban J connectivity index is 2.18. The molecular formula is C13H19ClFNO. The van der Waals surface area contributed by atoms with E-state index in [0.29, 0.717) is 18.2 Å². The van der Waals surface area contributed by atoms with E-state index in [1.54, 1.807) is 12.1 Å². The predicted molar refractivity (Wildman–Crippen MR) is 69.3 cm³/mol. The zero-order chi connectivity index (χ0) is 12.5. The highest BCUT2D eigenvalue weighted by Gasteiger charge is 2.06. The predicted octanol–water partition coefficient (Wildman–Crippen LogP) is 3.64. The lowest BCUT2D eigenvalue weighted by atomic mass is 10.2. The van der Waals surface area contributed by atoms with Gasteiger partial charge in [0.25, 0.3) is 0 Å². The Morgan fingerprint density at radius 1 is 1.29 bits per heavy atom. The fourth-order valence-corrected chi connectivity index (χ4v) is 1.69. The van der Waals surface area contributed by atoms with Gasteiger partial charge in [-0.05, 0) is 25.1 Å². The second-order valence-electron chi connectivity index (χ2n) is 3.86. The first-order valence-corrected chi connectivity index (χ1v) is 6.41. The highest BCUT2D eigenvalue weighted by Crippen LogP contribution is 2.26. The summed E-state index contributed by atoms with van der Waals surface area (Å²) >= 11 is 5.83. The molecule has 0 aliphatic carbocycles. The number of hydrogen-bond donors (Lipinski definition) is 1. The molecular weight excluding hydrogens is 241 g/mol. The molecule has 0 saturated heterocycles. The van der Waals surface area contributed by atoms with Crippen LogP contribution in [0.15, 0.2) is 18.2 Å². The zero-order valence-corrected chi connectivity index (χ0v) is 10.9. The number of halogens is 2. The molecule has 0 heterocycles. The summed E-state index contributed by atoms with van der Waals surface area (Å²) in [4.78, 5) is 0. The number of hydrogen-bond acceptors (Lipinski definition) is 2. The van der Waals surface area contributed by atoms with Gasteiger partial charge in [0.15, 0.2) is 11.6 Å². The van der Waals surface area contributed by atoms with Crippen molar-refractivity contribution in [2.75, 3.05) is 19.7 Å². The third kappa shape index (κ3) is 5.37. The molecule has 1 N–H and O–H groups in total. The van der Waals surface area contributed by atoms with E-state index in [4.69, 9.17) is 16.3 Å². The van der Waals surface area contributed by atoms with Gasteiger partial charge in [0.05, 0.1) is 5.02 Å². The monoisotopic (exact) mass is 259 g/mol. The Kier molecular flexibility index (Phi) is 6.97. The van der Waals surface area contributed by atoms with Crippen molar-refractivity contribution in [3.05, 3.63) is 29.0 Å². The lowest BCUT2D eigenvalue weighted by molar-refractivity contribution is 0.298. The number of nitrogens with one attached hydrogen (secondary N) is 1. The van der Waals surface area contributed by atoms with Crippen LogP contribution in [0, 0.1) is 5.82 Å². The zero-order valence-electron chi connectivity index (χ0n) is 10.1. The van der Waals surface area contributed by atoms with E-state index in [1.165, 1.54) is 18.9 Å². The van der Waals surface area contributed by atoms with Gasteiger partial charge >= 0.3 is 0 Å². The number of rotatable bonds is 8. The molecule has 17 heavy (non-hydrogen) atoms. The number of benzene rings is 1. The minimum Gasteiger partial charge on any atom is -0.488 e. The van der Waals surface area contributed by atoms with E-state index in [0.717, 1.165) is 13.0 Å². The molecule has 0 bridgehead atoms. The maximum absolute atomic E-state index is 13.3. The SMILES string of the molecule is CCCCCNCCOc1c(F)cccc1Cl. The van der Waals surface area contributed by atoms with Crippen LogP contribution in [-0.2, 0) is 0 Å². The summed E-state index contributed by atoms with van der Waals surface area (Å²) in [6.45, 7) is 4.27. The Labute approximate surface area is 107 Å². The topological polar surface area (TPSA) is 21.3 Å². The first-order chi connectivity index (χ1) is 8.25. The summed E-state index contributed by atoms with van der Waals surface area (Å²) in [5, 5.41) is 3.55. The van der Waals surface area contributed by atoms with E-state index in [9.17, 15) is 4.39 Å². The number of para-hydroxylation sites is 1. The van der Waals surface area contributed by atoms with Crippen LogP contribution < -0.4 is 10.1 Å². The summed E-state index contributed by atoms with van der Waals surface area (Å²) in [7, 11) is 0. The molecule has 0 aliphatic rings. The largest absolute Gasteiger partial charge is 0.488 e. The third-order valence-electron chi connectivity index (χ3n) is 2.40. The van der Waals surface area contributed by atoms with Crippen molar-refractivity contribution < 1.29 is 9.13 Å². The minimum absolute atomic E-state index is 0.143. The van der Waals surface area contributed by atoms with Crippen LogP contribution in [0.25, 0.3) is 0 Å². The van der Waals surface area contributed by atoms with Gasteiger partial charge in [0.2, 0.25) is 0 Å². The molecule has 96 valence electrons. The Hall–Kier alpha value is -0.800. The first-order valence-electron chi connectivity index (χ1n) is 6.03. The lowest BCUT2D eigenvalue weighted by Crippen LogP contribution is -2.22. The molecule has 0 amide bonds. The fourth-order valence-electron chi connectivity index (χ4n) is 1.47. The van der Waals surface area contributed by atoms with Crippen LogP contribution in [0.4, 0.5) is 4.39 Å². The molecule has 4 heteroatoms. The molecule has 0 aliphatic heterocycles. The van der Waals surface area contributed by atoms with Gasteiger partial charge in [-0.25, -0.2) is 4.39 Å². The van der Waals surface area contributed by atoms with Crippen LogP contribution >= 0.6 is 11.6 Å². The maximum Gasteiger partial charge on any atom is 0.173 e. The summed E-state index contributed by atoms with van der Waals surface area (Å²) < 4.78 is 18.6. The van der Waals surface area contributed by atoms with Crippen LogP contribution in [0.5, 0.6) is 5.75 Å². The van der Waals surface area contributed by atoms with Gasteiger partial charge in [-0.3, -0.25) is 0 Å². The van der Waals surface area contributed by atoms with E-state index in [-0.39, 0.29) is 5.75 Å². The molecule has 0 spiro atoms. The molecule has 0 fully saturated rings. The van der Waals surface area contributed by atoms with Crippen LogP contribution in [-0.4, -0.2) is 19.7 Å². The van der Waals surface area contributed by atoms with Gasteiger partial charge in [-0.15, -0.1) is 0 Å². The quantitative estimate of drug-likeness (QED) is 0.720. The minimum atomic E-state index is -0.413. The van der Waals surface area contributed by atoms with Crippen molar-refractivity contribution >= 4 is 11.6 Å². The highest BCUT2D eigenvalue weighted by molar-refractivity contribution is 6.32. The molecule has 0 aromatic heterocycles. The Morgan fingerprint density at radius 3 is 2.82 bits per heavy atom. The van der Waals surface area contributed by atoms with E-state index < -0.39 is 5.82 Å². The Bertz CT molecular complexity index is 313. The summed E-state index contributed by atoms with van der Waals surface area (Å²) in [5.41, 5.74) is 0. The van der Waals surface area contributed by atoms with Crippen LogP contribution in [0.1, 0.15) is 26.2 Å². The van der Waals surface area contributed by atoms with E-state index in [1.807, 2.05) is 0 Å². The van der Waals surface area contributed by atoms with Crippen molar-refractivity contribution in [1.82, 2.24) is 5.32 Å². The normalized spacial score (nSPS) is 10.5. The van der Waals surface area contributed by atoms with Gasteiger partial charge < -0.3 is 10.1 Å². The standard InChI is InChI=1S/C13H19ClFNO/c1-2-3-4-8-16-9-10-17-13-11(14)6-5-7-12(13)15/h5-7,16H,2-4,8-10H2,1H3. The molecule has 2 nitrogen and oxygen atoms in total. The average molecular weight is 260 g/mol. The van der Waals surface area contributed by atoms with Crippen LogP contribution in [0.3, 0.4) is 0 Å². The Morgan fingerprint density at radius 2 is 2.12 bits per heavy atom. The van der Waals surface area contributed by atoms with Gasteiger partial charge in [0.1, 0.15) is 6.61 Å². The summed E-state index contributed by atoms with van der Waals surface area (Å²) in [6, 6.07) is 4.53. The molecule has 0 radical (unpaired) electrons. The van der Waals surface area contributed by atoms with E-state index in [2.05, 4.69) is 12.2 Å². The molecule has 1 rings (SSSR count). The maximum atomic E-state index is 13.3. The molecule has 0 unspecified atom stereocenters.